The first kappa shape index (κ1) is 14.9. The van der Waals surface area contributed by atoms with Crippen LogP contribution in [0.5, 0.6) is 5.75 Å². The number of aliphatic hydroxyl groups excluding tert-OH is 1. The van der Waals surface area contributed by atoms with Crippen molar-refractivity contribution in [2.24, 2.45) is 0 Å². The van der Waals surface area contributed by atoms with Gasteiger partial charge < -0.3 is 14.9 Å². The van der Waals surface area contributed by atoms with Gasteiger partial charge in [-0.05, 0) is 24.3 Å². The fourth-order valence-corrected chi connectivity index (χ4v) is 2.14. The standard InChI is InChI=1S/C13H18O4S/c1-10(9-14)18-8-4-7-17-12-6-3-2-5-11(12)13(15)16/h2-3,5-6,10,14H,4,7-9H2,1H3,(H,15,16). The molecule has 0 aromatic heterocycles. The Bertz CT molecular complexity index is 381. The zero-order valence-electron chi connectivity index (χ0n) is 10.3. The van der Waals surface area contributed by atoms with Gasteiger partial charge in [-0.15, -0.1) is 0 Å². The van der Waals surface area contributed by atoms with E-state index in [-0.39, 0.29) is 17.4 Å². The van der Waals surface area contributed by atoms with Crippen molar-refractivity contribution in [1.29, 1.82) is 0 Å². The highest BCUT2D eigenvalue weighted by Gasteiger charge is 2.09. The predicted molar refractivity (Wildman–Crippen MR) is 72.5 cm³/mol. The molecule has 18 heavy (non-hydrogen) atoms. The Morgan fingerprint density at radius 3 is 2.83 bits per heavy atom. The molecule has 4 nitrogen and oxygen atoms in total. The summed E-state index contributed by atoms with van der Waals surface area (Å²) in [6.07, 6.45) is 0.822. The minimum Gasteiger partial charge on any atom is -0.493 e. The zero-order chi connectivity index (χ0) is 13.4. The summed E-state index contributed by atoms with van der Waals surface area (Å²) in [4.78, 5) is 10.9. The van der Waals surface area contributed by atoms with Gasteiger partial charge in [0.25, 0.3) is 0 Å². The van der Waals surface area contributed by atoms with Crippen molar-refractivity contribution in [3.8, 4) is 5.75 Å². The van der Waals surface area contributed by atoms with Crippen molar-refractivity contribution in [1.82, 2.24) is 0 Å². The summed E-state index contributed by atoms with van der Waals surface area (Å²) < 4.78 is 5.46. The Balaban J connectivity index is 2.33. The summed E-state index contributed by atoms with van der Waals surface area (Å²) in [6.45, 7) is 2.62. The minimum absolute atomic E-state index is 0.174. The zero-order valence-corrected chi connectivity index (χ0v) is 11.2. The maximum Gasteiger partial charge on any atom is 0.339 e. The predicted octanol–water partition coefficient (Wildman–Crippen LogP) is 2.27. The van der Waals surface area contributed by atoms with Gasteiger partial charge in [-0.2, -0.15) is 11.8 Å². The molecule has 0 heterocycles. The van der Waals surface area contributed by atoms with Crippen LogP contribution < -0.4 is 4.74 Å². The number of thioether (sulfide) groups is 1. The first-order chi connectivity index (χ1) is 8.65. The van der Waals surface area contributed by atoms with Gasteiger partial charge in [0.1, 0.15) is 11.3 Å². The Kier molecular flexibility index (Phi) is 6.60. The molecular formula is C13H18O4S. The lowest BCUT2D eigenvalue weighted by molar-refractivity contribution is 0.0692. The highest BCUT2D eigenvalue weighted by Crippen LogP contribution is 2.18. The number of aromatic carboxylic acids is 1. The number of carbonyl (C=O) groups is 1. The van der Waals surface area contributed by atoms with Gasteiger partial charge in [-0.3, -0.25) is 0 Å². The van der Waals surface area contributed by atoms with Crippen molar-refractivity contribution < 1.29 is 19.7 Å². The van der Waals surface area contributed by atoms with E-state index in [2.05, 4.69) is 0 Å². The molecule has 0 saturated carbocycles. The van der Waals surface area contributed by atoms with Crippen molar-refractivity contribution >= 4 is 17.7 Å². The molecule has 0 aliphatic carbocycles. The van der Waals surface area contributed by atoms with Crippen molar-refractivity contribution in [2.45, 2.75) is 18.6 Å². The SMILES string of the molecule is CC(CO)SCCCOc1ccccc1C(=O)O. The Labute approximate surface area is 111 Å². The molecule has 0 aliphatic heterocycles. The number of para-hydroxylation sites is 1. The molecule has 1 aromatic carbocycles. The Morgan fingerprint density at radius 1 is 1.44 bits per heavy atom. The van der Waals surface area contributed by atoms with Crippen molar-refractivity contribution in [2.75, 3.05) is 19.0 Å². The third kappa shape index (κ3) is 4.98. The van der Waals surface area contributed by atoms with E-state index in [1.54, 1.807) is 30.0 Å². The van der Waals surface area contributed by atoms with Crippen LogP contribution in [-0.2, 0) is 0 Å². The third-order valence-corrected chi connectivity index (χ3v) is 3.57. The fourth-order valence-electron chi connectivity index (χ4n) is 1.35. The quantitative estimate of drug-likeness (QED) is 0.709. The van der Waals surface area contributed by atoms with E-state index in [0.717, 1.165) is 12.2 Å². The van der Waals surface area contributed by atoms with Gasteiger partial charge in [0, 0.05) is 5.25 Å². The maximum absolute atomic E-state index is 10.9. The first-order valence-electron chi connectivity index (χ1n) is 5.82. The molecule has 2 N–H and O–H groups in total. The number of ether oxygens (including phenoxy) is 1. The third-order valence-electron chi connectivity index (χ3n) is 2.32. The normalized spacial score (nSPS) is 12.1. The second kappa shape index (κ2) is 8.00. The monoisotopic (exact) mass is 270 g/mol. The van der Waals surface area contributed by atoms with Crippen LogP contribution in [0.25, 0.3) is 0 Å². The lowest BCUT2D eigenvalue weighted by Crippen LogP contribution is -2.07. The molecule has 0 aliphatic rings. The summed E-state index contributed by atoms with van der Waals surface area (Å²) in [7, 11) is 0. The molecule has 1 rings (SSSR count). The van der Waals surface area contributed by atoms with E-state index in [9.17, 15) is 4.79 Å². The maximum atomic E-state index is 10.9. The molecule has 0 saturated heterocycles. The number of hydrogen-bond donors (Lipinski definition) is 2. The number of carboxylic acid groups (broad SMARTS) is 1. The van der Waals surface area contributed by atoms with Crippen LogP contribution in [0.3, 0.4) is 0 Å². The Morgan fingerprint density at radius 2 is 2.17 bits per heavy atom. The molecule has 1 atom stereocenters. The number of aliphatic hydroxyl groups is 1. The van der Waals surface area contributed by atoms with E-state index in [0.29, 0.717) is 12.4 Å². The Hall–Kier alpha value is -1.20. The second-order valence-corrected chi connectivity index (χ2v) is 5.41. The summed E-state index contributed by atoms with van der Waals surface area (Å²) in [5.41, 5.74) is 0.189. The van der Waals surface area contributed by atoms with Crippen LogP contribution >= 0.6 is 11.8 Å². The smallest absolute Gasteiger partial charge is 0.339 e. The number of benzene rings is 1. The van der Waals surface area contributed by atoms with Gasteiger partial charge in [0.15, 0.2) is 0 Å². The van der Waals surface area contributed by atoms with Crippen LogP contribution in [0.4, 0.5) is 0 Å². The molecule has 0 fully saturated rings. The average Bonchev–Trinajstić information content (AvgIpc) is 2.38. The van der Waals surface area contributed by atoms with Gasteiger partial charge >= 0.3 is 5.97 Å². The van der Waals surface area contributed by atoms with Crippen LogP contribution in [0.2, 0.25) is 0 Å². The van der Waals surface area contributed by atoms with Crippen molar-refractivity contribution in [3.63, 3.8) is 0 Å². The highest BCUT2D eigenvalue weighted by molar-refractivity contribution is 7.99. The molecule has 0 spiro atoms. The molecule has 5 heteroatoms. The van der Waals surface area contributed by atoms with E-state index < -0.39 is 5.97 Å². The van der Waals surface area contributed by atoms with E-state index >= 15 is 0 Å². The second-order valence-electron chi connectivity index (χ2n) is 3.87. The molecule has 0 radical (unpaired) electrons. The lowest BCUT2D eigenvalue weighted by atomic mass is 10.2. The number of carboxylic acids is 1. The van der Waals surface area contributed by atoms with Crippen LogP contribution in [-0.4, -0.2) is 40.4 Å². The van der Waals surface area contributed by atoms with E-state index in [1.165, 1.54) is 6.07 Å². The van der Waals surface area contributed by atoms with E-state index in [1.807, 2.05) is 6.92 Å². The summed E-state index contributed by atoms with van der Waals surface area (Å²) in [5, 5.41) is 18.0. The summed E-state index contributed by atoms with van der Waals surface area (Å²) >= 11 is 1.68. The van der Waals surface area contributed by atoms with Crippen LogP contribution in [0.15, 0.2) is 24.3 Å². The fraction of sp³-hybridized carbons (Fsp3) is 0.462. The van der Waals surface area contributed by atoms with Gasteiger partial charge in [-0.25, -0.2) is 4.79 Å². The van der Waals surface area contributed by atoms with Crippen molar-refractivity contribution in [3.05, 3.63) is 29.8 Å². The number of hydrogen-bond acceptors (Lipinski definition) is 4. The molecule has 1 aromatic rings. The highest BCUT2D eigenvalue weighted by atomic mass is 32.2. The van der Waals surface area contributed by atoms with Gasteiger partial charge in [0.2, 0.25) is 0 Å². The lowest BCUT2D eigenvalue weighted by Gasteiger charge is -2.10. The van der Waals surface area contributed by atoms with Crippen LogP contribution in [0.1, 0.15) is 23.7 Å². The van der Waals surface area contributed by atoms with E-state index in [4.69, 9.17) is 14.9 Å². The molecule has 0 bridgehead atoms. The summed E-state index contributed by atoms with van der Waals surface area (Å²) in [5.74, 6) is 0.316. The molecule has 0 amide bonds. The average molecular weight is 270 g/mol. The van der Waals surface area contributed by atoms with Gasteiger partial charge in [0.05, 0.1) is 13.2 Å². The summed E-state index contributed by atoms with van der Waals surface area (Å²) in [6, 6.07) is 6.62. The number of rotatable bonds is 8. The molecule has 100 valence electrons. The molecular weight excluding hydrogens is 252 g/mol. The van der Waals surface area contributed by atoms with Crippen LogP contribution in [0, 0.1) is 0 Å². The topological polar surface area (TPSA) is 66.8 Å². The molecule has 1 unspecified atom stereocenters. The minimum atomic E-state index is -0.978. The first-order valence-corrected chi connectivity index (χ1v) is 6.87. The largest absolute Gasteiger partial charge is 0.493 e. The van der Waals surface area contributed by atoms with Gasteiger partial charge in [-0.1, -0.05) is 19.1 Å².